The average molecular weight is 248 g/mol. The molecule has 0 bridgehead atoms. The van der Waals surface area contributed by atoms with Gasteiger partial charge in [-0.05, 0) is 45.1 Å². The lowest BCUT2D eigenvalue weighted by Crippen LogP contribution is -2.47. The molecule has 1 aliphatic heterocycles. The summed E-state index contributed by atoms with van der Waals surface area (Å²) in [5, 5.41) is 3.25. The summed E-state index contributed by atoms with van der Waals surface area (Å²) in [5.41, 5.74) is 2.88. The van der Waals surface area contributed by atoms with Gasteiger partial charge in [0.15, 0.2) is 0 Å². The van der Waals surface area contributed by atoms with Gasteiger partial charge in [-0.15, -0.1) is 0 Å². The first-order chi connectivity index (χ1) is 8.53. The normalized spacial score (nSPS) is 14.7. The molecule has 0 saturated carbocycles. The summed E-state index contributed by atoms with van der Waals surface area (Å²) in [6.07, 6.45) is 1.05. The summed E-state index contributed by atoms with van der Waals surface area (Å²) in [6.45, 7) is 7.32. The van der Waals surface area contributed by atoms with E-state index in [9.17, 15) is 0 Å². The number of nitrogens with zero attached hydrogens (tertiary/aromatic N) is 1. The minimum atomic E-state index is 0.157. The third-order valence-electron chi connectivity index (χ3n) is 3.82. The lowest BCUT2D eigenvalue weighted by molar-refractivity contribution is 0.147. The lowest BCUT2D eigenvalue weighted by atomic mass is 10.0. The Bertz CT molecular complexity index is 415. The molecule has 0 radical (unpaired) electrons. The molecule has 0 aliphatic carbocycles. The Kier molecular flexibility index (Phi) is 3.93. The standard InChI is InChI=1S/C15H24N2O/c1-15(2,11-16-3)17(4)10-12-5-6-14-13(9-12)7-8-18-14/h5-6,9,16H,7-8,10-11H2,1-4H3. The van der Waals surface area contributed by atoms with Gasteiger partial charge in [0, 0.05) is 25.0 Å². The third-order valence-corrected chi connectivity index (χ3v) is 3.82. The van der Waals surface area contributed by atoms with E-state index in [1.807, 2.05) is 7.05 Å². The van der Waals surface area contributed by atoms with Gasteiger partial charge in [0.05, 0.1) is 6.61 Å². The van der Waals surface area contributed by atoms with E-state index < -0.39 is 0 Å². The molecule has 1 aliphatic rings. The van der Waals surface area contributed by atoms with E-state index in [0.29, 0.717) is 0 Å². The maximum Gasteiger partial charge on any atom is 0.122 e. The minimum absolute atomic E-state index is 0.157. The van der Waals surface area contributed by atoms with E-state index >= 15 is 0 Å². The first-order valence-corrected chi connectivity index (χ1v) is 6.63. The van der Waals surface area contributed by atoms with Gasteiger partial charge in [-0.25, -0.2) is 0 Å². The zero-order chi connectivity index (χ0) is 13.2. The predicted molar refractivity (Wildman–Crippen MR) is 75.1 cm³/mol. The van der Waals surface area contributed by atoms with E-state index in [2.05, 4.69) is 49.3 Å². The fourth-order valence-electron chi connectivity index (χ4n) is 2.39. The van der Waals surface area contributed by atoms with Crippen molar-refractivity contribution >= 4 is 0 Å². The van der Waals surface area contributed by atoms with Gasteiger partial charge in [-0.1, -0.05) is 12.1 Å². The highest BCUT2D eigenvalue weighted by atomic mass is 16.5. The zero-order valence-electron chi connectivity index (χ0n) is 11.9. The molecule has 0 spiro atoms. The van der Waals surface area contributed by atoms with Gasteiger partial charge in [0.25, 0.3) is 0 Å². The molecule has 1 aromatic carbocycles. The van der Waals surface area contributed by atoms with Crippen molar-refractivity contribution < 1.29 is 4.74 Å². The second-order valence-corrected chi connectivity index (χ2v) is 5.74. The number of hydrogen-bond donors (Lipinski definition) is 1. The van der Waals surface area contributed by atoms with Gasteiger partial charge >= 0.3 is 0 Å². The van der Waals surface area contributed by atoms with Gasteiger partial charge in [0.2, 0.25) is 0 Å². The highest BCUT2D eigenvalue weighted by Gasteiger charge is 2.23. The first-order valence-electron chi connectivity index (χ1n) is 6.63. The van der Waals surface area contributed by atoms with Crippen LogP contribution >= 0.6 is 0 Å². The van der Waals surface area contributed by atoms with E-state index in [1.54, 1.807) is 0 Å². The van der Waals surface area contributed by atoms with Crippen LogP contribution in [0.3, 0.4) is 0 Å². The molecule has 0 fully saturated rings. The van der Waals surface area contributed by atoms with Gasteiger partial charge < -0.3 is 10.1 Å². The fourth-order valence-corrected chi connectivity index (χ4v) is 2.39. The average Bonchev–Trinajstić information content (AvgIpc) is 2.76. The zero-order valence-corrected chi connectivity index (χ0v) is 11.9. The molecule has 3 heteroatoms. The Hall–Kier alpha value is -1.06. The van der Waals surface area contributed by atoms with Crippen molar-refractivity contribution in [3.05, 3.63) is 29.3 Å². The van der Waals surface area contributed by atoms with Crippen LogP contribution in [0.1, 0.15) is 25.0 Å². The van der Waals surface area contributed by atoms with Crippen molar-refractivity contribution in [3.8, 4) is 5.75 Å². The summed E-state index contributed by atoms with van der Waals surface area (Å²) in [4.78, 5) is 2.39. The highest BCUT2D eigenvalue weighted by Crippen LogP contribution is 2.27. The van der Waals surface area contributed by atoms with Crippen LogP contribution in [-0.4, -0.2) is 37.7 Å². The largest absolute Gasteiger partial charge is 0.493 e. The highest BCUT2D eigenvalue weighted by molar-refractivity contribution is 5.39. The topological polar surface area (TPSA) is 24.5 Å². The summed E-state index contributed by atoms with van der Waals surface area (Å²) >= 11 is 0. The van der Waals surface area contributed by atoms with E-state index in [0.717, 1.165) is 31.9 Å². The summed E-state index contributed by atoms with van der Waals surface area (Å²) in [7, 11) is 4.18. The molecule has 0 unspecified atom stereocenters. The molecule has 1 aromatic rings. The number of rotatable bonds is 5. The Balaban J connectivity index is 2.05. The number of fused-ring (bicyclic) bond motifs is 1. The Morgan fingerprint density at radius 3 is 2.89 bits per heavy atom. The molecule has 1 N–H and O–H groups in total. The van der Waals surface area contributed by atoms with Crippen molar-refractivity contribution in [1.82, 2.24) is 10.2 Å². The molecule has 0 atom stereocenters. The van der Waals surface area contributed by atoms with Crippen molar-refractivity contribution in [2.24, 2.45) is 0 Å². The van der Waals surface area contributed by atoms with Crippen molar-refractivity contribution in [2.75, 3.05) is 27.2 Å². The lowest BCUT2D eigenvalue weighted by Gasteiger charge is -2.35. The van der Waals surface area contributed by atoms with Crippen LogP contribution in [-0.2, 0) is 13.0 Å². The van der Waals surface area contributed by atoms with Crippen LogP contribution in [0.2, 0.25) is 0 Å². The van der Waals surface area contributed by atoms with Gasteiger partial charge in [0.1, 0.15) is 5.75 Å². The Labute approximate surface area is 110 Å². The van der Waals surface area contributed by atoms with E-state index in [1.165, 1.54) is 11.1 Å². The molecular formula is C15H24N2O. The minimum Gasteiger partial charge on any atom is -0.493 e. The maximum atomic E-state index is 5.54. The summed E-state index contributed by atoms with van der Waals surface area (Å²) in [6, 6.07) is 6.57. The Morgan fingerprint density at radius 1 is 1.39 bits per heavy atom. The molecule has 100 valence electrons. The quantitative estimate of drug-likeness (QED) is 0.863. The van der Waals surface area contributed by atoms with Crippen LogP contribution < -0.4 is 10.1 Å². The van der Waals surface area contributed by atoms with Crippen LogP contribution in [0.4, 0.5) is 0 Å². The number of nitrogens with one attached hydrogen (secondary N) is 1. The molecule has 1 heterocycles. The SMILES string of the molecule is CNCC(C)(C)N(C)Cc1ccc2c(c1)CCO2. The second kappa shape index (κ2) is 5.29. The van der Waals surface area contributed by atoms with Crippen LogP contribution in [0.5, 0.6) is 5.75 Å². The number of hydrogen-bond acceptors (Lipinski definition) is 3. The molecule has 0 saturated heterocycles. The molecule has 0 amide bonds. The summed E-state index contributed by atoms with van der Waals surface area (Å²) in [5.74, 6) is 1.07. The fraction of sp³-hybridized carbons (Fsp3) is 0.600. The number of likely N-dealkylation sites (N-methyl/N-ethyl adjacent to an activating group) is 2. The van der Waals surface area contributed by atoms with Crippen LogP contribution in [0.15, 0.2) is 18.2 Å². The molecule has 18 heavy (non-hydrogen) atoms. The van der Waals surface area contributed by atoms with Crippen molar-refractivity contribution in [1.29, 1.82) is 0 Å². The molecule has 0 aromatic heterocycles. The summed E-state index contributed by atoms with van der Waals surface area (Å²) < 4.78 is 5.54. The smallest absolute Gasteiger partial charge is 0.122 e. The van der Waals surface area contributed by atoms with Crippen molar-refractivity contribution in [2.45, 2.75) is 32.4 Å². The van der Waals surface area contributed by atoms with Crippen molar-refractivity contribution in [3.63, 3.8) is 0 Å². The van der Waals surface area contributed by atoms with Gasteiger partial charge in [-0.2, -0.15) is 0 Å². The molecule has 3 nitrogen and oxygen atoms in total. The number of ether oxygens (including phenoxy) is 1. The van der Waals surface area contributed by atoms with Crippen LogP contribution in [0, 0.1) is 0 Å². The van der Waals surface area contributed by atoms with Gasteiger partial charge in [-0.3, -0.25) is 4.90 Å². The second-order valence-electron chi connectivity index (χ2n) is 5.74. The third kappa shape index (κ3) is 2.85. The molecular weight excluding hydrogens is 224 g/mol. The van der Waals surface area contributed by atoms with Crippen LogP contribution in [0.25, 0.3) is 0 Å². The van der Waals surface area contributed by atoms with E-state index in [-0.39, 0.29) is 5.54 Å². The number of benzene rings is 1. The van der Waals surface area contributed by atoms with E-state index in [4.69, 9.17) is 4.74 Å². The predicted octanol–water partition coefficient (Wildman–Crippen LogP) is 2.05. The maximum absolute atomic E-state index is 5.54. The first kappa shape index (κ1) is 13.4. The monoisotopic (exact) mass is 248 g/mol. The molecule has 2 rings (SSSR count). The Morgan fingerprint density at radius 2 is 2.17 bits per heavy atom.